The predicted molar refractivity (Wildman–Crippen MR) is 110 cm³/mol. The lowest BCUT2D eigenvalue weighted by molar-refractivity contribution is 0.224. The molecular formula is C22H25N3O2S. The normalized spacial score (nSPS) is 19.7. The molecule has 1 saturated heterocycles. The SMILES string of the molecule is COc1ccc(C2CCCN2Cc2nnc(-c3cc4c(s3)CCCC4)o2)cc1. The van der Waals surface area contributed by atoms with Crippen molar-refractivity contribution in [2.75, 3.05) is 13.7 Å². The van der Waals surface area contributed by atoms with Crippen LogP contribution in [-0.4, -0.2) is 28.8 Å². The molecule has 3 aromatic rings. The highest BCUT2D eigenvalue weighted by atomic mass is 32.1. The van der Waals surface area contributed by atoms with E-state index in [1.807, 2.05) is 23.5 Å². The van der Waals surface area contributed by atoms with Crippen molar-refractivity contribution in [2.24, 2.45) is 0 Å². The fraction of sp³-hybridized carbons (Fsp3) is 0.455. The summed E-state index contributed by atoms with van der Waals surface area (Å²) in [7, 11) is 1.70. The third-order valence-corrected chi connectivity index (χ3v) is 7.10. The Balaban J connectivity index is 1.31. The molecule has 28 heavy (non-hydrogen) atoms. The Bertz CT molecular complexity index is 924. The highest BCUT2D eigenvalue weighted by Crippen LogP contribution is 2.36. The Morgan fingerprint density at radius 2 is 2.00 bits per heavy atom. The average molecular weight is 396 g/mol. The molecule has 0 radical (unpaired) electrons. The molecule has 1 atom stereocenters. The van der Waals surface area contributed by atoms with Gasteiger partial charge in [0.15, 0.2) is 0 Å². The minimum absolute atomic E-state index is 0.398. The van der Waals surface area contributed by atoms with E-state index in [2.05, 4.69) is 33.3 Å². The van der Waals surface area contributed by atoms with Gasteiger partial charge in [0.1, 0.15) is 5.75 Å². The van der Waals surface area contributed by atoms with Crippen LogP contribution in [0.4, 0.5) is 0 Å². The maximum absolute atomic E-state index is 6.06. The van der Waals surface area contributed by atoms with Crippen molar-refractivity contribution in [3.05, 3.63) is 52.2 Å². The summed E-state index contributed by atoms with van der Waals surface area (Å²) in [5.74, 6) is 2.28. The van der Waals surface area contributed by atoms with Crippen LogP contribution >= 0.6 is 11.3 Å². The predicted octanol–water partition coefficient (Wildman–Crippen LogP) is 5.02. The van der Waals surface area contributed by atoms with Crippen LogP contribution < -0.4 is 4.74 Å². The van der Waals surface area contributed by atoms with E-state index >= 15 is 0 Å². The Kier molecular flexibility index (Phi) is 4.91. The number of hydrogen-bond donors (Lipinski definition) is 0. The standard InChI is InChI=1S/C22H25N3O2S/c1-26-17-10-8-15(9-11-17)18-6-4-12-25(18)14-21-23-24-22(27-21)20-13-16-5-2-3-7-19(16)28-20/h8-11,13,18H,2-7,12,14H2,1H3. The number of likely N-dealkylation sites (tertiary alicyclic amines) is 1. The number of fused-ring (bicyclic) bond motifs is 1. The Hall–Kier alpha value is -2.18. The lowest BCUT2D eigenvalue weighted by atomic mass is 9.99. The summed E-state index contributed by atoms with van der Waals surface area (Å²) in [6, 6.07) is 11.1. The number of benzene rings is 1. The molecule has 1 aliphatic heterocycles. The van der Waals surface area contributed by atoms with E-state index in [4.69, 9.17) is 9.15 Å². The molecule has 0 amide bonds. The van der Waals surface area contributed by atoms with Gasteiger partial charge in [-0.1, -0.05) is 12.1 Å². The Labute approximate surface area is 169 Å². The van der Waals surface area contributed by atoms with Gasteiger partial charge in [-0.3, -0.25) is 4.90 Å². The third kappa shape index (κ3) is 3.47. The van der Waals surface area contributed by atoms with E-state index in [0.29, 0.717) is 24.4 Å². The molecule has 146 valence electrons. The maximum atomic E-state index is 6.06. The molecular weight excluding hydrogens is 370 g/mol. The van der Waals surface area contributed by atoms with E-state index < -0.39 is 0 Å². The zero-order valence-electron chi connectivity index (χ0n) is 16.2. The molecule has 0 spiro atoms. The molecule has 0 saturated carbocycles. The van der Waals surface area contributed by atoms with Crippen LogP contribution in [0.25, 0.3) is 10.8 Å². The third-order valence-electron chi connectivity index (χ3n) is 5.88. The van der Waals surface area contributed by atoms with Crippen LogP contribution in [0.5, 0.6) is 5.75 Å². The van der Waals surface area contributed by atoms with Crippen molar-refractivity contribution in [2.45, 2.75) is 51.1 Å². The van der Waals surface area contributed by atoms with Crippen molar-refractivity contribution >= 4 is 11.3 Å². The van der Waals surface area contributed by atoms with E-state index in [-0.39, 0.29) is 0 Å². The minimum Gasteiger partial charge on any atom is -0.497 e. The number of aryl methyl sites for hydroxylation is 2. The van der Waals surface area contributed by atoms with Gasteiger partial charge in [-0.05, 0) is 74.4 Å². The second-order valence-corrected chi connectivity index (χ2v) is 8.81. The van der Waals surface area contributed by atoms with Crippen LogP contribution in [0.15, 0.2) is 34.7 Å². The number of thiophene rings is 1. The Morgan fingerprint density at radius 3 is 2.82 bits per heavy atom. The molecule has 5 rings (SSSR count). The Morgan fingerprint density at radius 1 is 1.14 bits per heavy atom. The first-order valence-electron chi connectivity index (χ1n) is 10.1. The van der Waals surface area contributed by atoms with Gasteiger partial charge < -0.3 is 9.15 Å². The van der Waals surface area contributed by atoms with Gasteiger partial charge in [0, 0.05) is 10.9 Å². The van der Waals surface area contributed by atoms with Crippen LogP contribution in [0.2, 0.25) is 0 Å². The number of methoxy groups -OCH3 is 1. The number of nitrogens with zero attached hydrogens (tertiary/aromatic N) is 3. The molecule has 1 unspecified atom stereocenters. The quantitative estimate of drug-likeness (QED) is 0.607. The lowest BCUT2D eigenvalue weighted by Gasteiger charge is -2.23. The number of hydrogen-bond acceptors (Lipinski definition) is 6. The molecule has 1 aliphatic carbocycles. The van der Waals surface area contributed by atoms with Crippen LogP contribution in [0.3, 0.4) is 0 Å². The second kappa shape index (κ2) is 7.68. The van der Waals surface area contributed by atoms with Crippen molar-refractivity contribution in [3.8, 4) is 16.5 Å². The molecule has 0 N–H and O–H groups in total. The average Bonchev–Trinajstić information content (AvgIpc) is 3.47. The molecule has 1 aromatic carbocycles. The van der Waals surface area contributed by atoms with Gasteiger partial charge in [-0.15, -0.1) is 21.5 Å². The van der Waals surface area contributed by atoms with E-state index in [0.717, 1.165) is 23.6 Å². The largest absolute Gasteiger partial charge is 0.497 e. The van der Waals surface area contributed by atoms with Crippen molar-refractivity contribution in [1.82, 2.24) is 15.1 Å². The zero-order valence-corrected chi connectivity index (χ0v) is 17.0. The fourth-order valence-corrected chi connectivity index (χ4v) is 5.58. The van der Waals surface area contributed by atoms with Crippen molar-refractivity contribution < 1.29 is 9.15 Å². The first kappa shape index (κ1) is 17.9. The van der Waals surface area contributed by atoms with Crippen molar-refractivity contribution in [3.63, 3.8) is 0 Å². The first-order valence-corrected chi connectivity index (χ1v) is 10.9. The van der Waals surface area contributed by atoms with Crippen LogP contribution in [0.1, 0.15) is 53.6 Å². The zero-order chi connectivity index (χ0) is 18.9. The van der Waals surface area contributed by atoms with E-state index in [9.17, 15) is 0 Å². The van der Waals surface area contributed by atoms with E-state index in [1.165, 1.54) is 48.1 Å². The van der Waals surface area contributed by atoms with Gasteiger partial charge in [-0.25, -0.2) is 0 Å². The maximum Gasteiger partial charge on any atom is 0.257 e. The van der Waals surface area contributed by atoms with Crippen LogP contribution in [-0.2, 0) is 19.4 Å². The molecule has 2 aromatic heterocycles. The summed E-state index contributed by atoms with van der Waals surface area (Å²) in [6.07, 6.45) is 7.31. The second-order valence-electron chi connectivity index (χ2n) is 7.67. The van der Waals surface area contributed by atoms with Gasteiger partial charge in [0.2, 0.25) is 5.89 Å². The summed E-state index contributed by atoms with van der Waals surface area (Å²) in [6.45, 7) is 1.76. The molecule has 0 bridgehead atoms. The lowest BCUT2D eigenvalue weighted by Crippen LogP contribution is -2.22. The van der Waals surface area contributed by atoms with E-state index in [1.54, 1.807) is 7.11 Å². The number of aromatic nitrogens is 2. The highest BCUT2D eigenvalue weighted by Gasteiger charge is 2.28. The van der Waals surface area contributed by atoms with Crippen molar-refractivity contribution in [1.29, 1.82) is 0 Å². The number of ether oxygens (including phenoxy) is 1. The summed E-state index contributed by atoms with van der Waals surface area (Å²) >= 11 is 1.82. The molecule has 5 nitrogen and oxygen atoms in total. The topological polar surface area (TPSA) is 51.4 Å². The molecule has 1 fully saturated rings. The van der Waals surface area contributed by atoms with Gasteiger partial charge in [0.25, 0.3) is 5.89 Å². The van der Waals surface area contributed by atoms with Gasteiger partial charge in [-0.2, -0.15) is 0 Å². The number of rotatable bonds is 5. The molecule has 2 aliphatic rings. The minimum atomic E-state index is 0.398. The summed E-state index contributed by atoms with van der Waals surface area (Å²) in [5, 5.41) is 8.69. The van der Waals surface area contributed by atoms with Gasteiger partial charge in [0.05, 0.1) is 18.5 Å². The molecule has 3 heterocycles. The first-order chi connectivity index (χ1) is 13.8. The van der Waals surface area contributed by atoms with Gasteiger partial charge >= 0.3 is 0 Å². The summed E-state index contributed by atoms with van der Waals surface area (Å²) in [4.78, 5) is 5.07. The monoisotopic (exact) mass is 395 g/mol. The summed E-state index contributed by atoms with van der Waals surface area (Å²) in [5.41, 5.74) is 2.80. The smallest absolute Gasteiger partial charge is 0.257 e. The fourth-order valence-electron chi connectivity index (χ4n) is 4.41. The summed E-state index contributed by atoms with van der Waals surface area (Å²) < 4.78 is 11.3. The molecule has 6 heteroatoms. The highest BCUT2D eigenvalue weighted by molar-refractivity contribution is 7.15. The van der Waals surface area contributed by atoms with Crippen LogP contribution in [0, 0.1) is 0 Å².